The van der Waals surface area contributed by atoms with E-state index < -0.39 is 0 Å². The van der Waals surface area contributed by atoms with E-state index in [1.165, 1.54) is 49.0 Å². The van der Waals surface area contributed by atoms with Gasteiger partial charge in [0, 0.05) is 12.5 Å². The molecule has 28 heavy (non-hydrogen) atoms. The number of nitrogens with zero attached hydrogens (tertiary/aromatic N) is 2. The first kappa shape index (κ1) is 19.0. The number of aromatic nitrogens is 2. The van der Waals surface area contributed by atoms with Crippen LogP contribution in [0.3, 0.4) is 0 Å². The minimum Gasteiger partial charge on any atom is -0.493 e. The van der Waals surface area contributed by atoms with Crippen LogP contribution in [0.25, 0.3) is 11.0 Å². The Morgan fingerprint density at radius 1 is 1.00 bits per heavy atom. The first-order valence-corrected chi connectivity index (χ1v) is 10.9. The third-order valence-electron chi connectivity index (χ3n) is 5.98. The smallest absolute Gasteiger partial charge is 0.122 e. The molecule has 3 aromatic rings. The van der Waals surface area contributed by atoms with Crippen LogP contribution in [0, 0.1) is 0 Å². The summed E-state index contributed by atoms with van der Waals surface area (Å²) in [5.41, 5.74) is 3.69. The molecular weight excluding hydrogens is 344 g/mol. The average Bonchev–Trinajstić information content (AvgIpc) is 3.11. The van der Waals surface area contributed by atoms with Crippen molar-refractivity contribution in [2.75, 3.05) is 6.61 Å². The minimum atomic E-state index is 0.478. The van der Waals surface area contributed by atoms with Crippen molar-refractivity contribution >= 4 is 11.0 Å². The topological polar surface area (TPSA) is 27.1 Å². The van der Waals surface area contributed by atoms with Crippen LogP contribution in [0.4, 0.5) is 0 Å². The van der Waals surface area contributed by atoms with E-state index in [0.717, 1.165) is 30.8 Å². The quantitative estimate of drug-likeness (QED) is 0.430. The fourth-order valence-corrected chi connectivity index (χ4v) is 4.50. The van der Waals surface area contributed by atoms with Gasteiger partial charge in [-0.05, 0) is 48.9 Å². The van der Waals surface area contributed by atoms with E-state index >= 15 is 0 Å². The van der Waals surface area contributed by atoms with E-state index in [0.29, 0.717) is 11.8 Å². The number of ether oxygens (including phenoxy) is 1. The normalized spacial score (nSPS) is 15.4. The molecule has 0 saturated heterocycles. The molecule has 0 unspecified atom stereocenters. The Kier molecular flexibility index (Phi) is 5.99. The summed E-state index contributed by atoms with van der Waals surface area (Å²) in [7, 11) is 0. The Bertz CT molecular complexity index is 906. The van der Waals surface area contributed by atoms with E-state index in [-0.39, 0.29) is 0 Å². The Balaban J connectivity index is 1.47. The highest BCUT2D eigenvalue weighted by atomic mass is 16.5. The lowest BCUT2D eigenvalue weighted by atomic mass is 9.88. The molecule has 1 aliphatic carbocycles. The van der Waals surface area contributed by atoms with Gasteiger partial charge in [-0.25, -0.2) is 4.98 Å². The van der Waals surface area contributed by atoms with Gasteiger partial charge in [0.2, 0.25) is 0 Å². The van der Waals surface area contributed by atoms with Crippen molar-refractivity contribution in [1.29, 1.82) is 0 Å². The van der Waals surface area contributed by atoms with Crippen LogP contribution in [0.15, 0.2) is 48.5 Å². The maximum atomic E-state index is 6.16. The first-order chi connectivity index (χ1) is 13.7. The lowest BCUT2D eigenvalue weighted by molar-refractivity contribution is 0.296. The summed E-state index contributed by atoms with van der Waals surface area (Å²) >= 11 is 0. The van der Waals surface area contributed by atoms with Crippen LogP contribution in [0.2, 0.25) is 0 Å². The molecule has 3 nitrogen and oxygen atoms in total. The fourth-order valence-electron chi connectivity index (χ4n) is 4.50. The highest BCUT2D eigenvalue weighted by Gasteiger charge is 2.22. The molecule has 0 spiro atoms. The molecule has 0 radical (unpaired) electrons. The molecule has 0 bridgehead atoms. The molecule has 2 aromatic carbocycles. The second kappa shape index (κ2) is 8.81. The zero-order chi connectivity index (χ0) is 19.3. The third kappa shape index (κ3) is 4.09. The van der Waals surface area contributed by atoms with Crippen molar-refractivity contribution in [3.8, 4) is 5.75 Å². The van der Waals surface area contributed by atoms with Gasteiger partial charge in [-0.15, -0.1) is 0 Å². The molecule has 1 heterocycles. The Hall–Kier alpha value is -2.29. The zero-order valence-electron chi connectivity index (χ0n) is 17.2. The summed E-state index contributed by atoms with van der Waals surface area (Å²) in [6.07, 6.45) is 7.60. The van der Waals surface area contributed by atoms with E-state index in [9.17, 15) is 0 Å². The number of imidazole rings is 1. The Morgan fingerprint density at radius 3 is 2.57 bits per heavy atom. The van der Waals surface area contributed by atoms with Gasteiger partial charge in [-0.1, -0.05) is 63.4 Å². The molecule has 0 amide bonds. The van der Waals surface area contributed by atoms with Crippen molar-refractivity contribution in [3.63, 3.8) is 0 Å². The maximum absolute atomic E-state index is 6.16. The summed E-state index contributed by atoms with van der Waals surface area (Å²) in [6.45, 7) is 6.14. The van der Waals surface area contributed by atoms with E-state index in [2.05, 4.69) is 66.9 Å². The van der Waals surface area contributed by atoms with E-state index in [1.54, 1.807) is 0 Å². The van der Waals surface area contributed by atoms with Crippen LogP contribution in [0.5, 0.6) is 5.75 Å². The number of benzene rings is 2. The Labute approximate surface area is 168 Å². The number of aryl methyl sites for hydroxylation is 1. The zero-order valence-corrected chi connectivity index (χ0v) is 17.2. The van der Waals surface area contributed by atoms with Gasteiger partial charge in [0.05, 0.1) is 17.6 Å². The molecule has 0 aliphatic heterocycles. The van der Waals surface area contributed by atoms with Crippen molar-refractivity contribution in [2.45, 2.75) is 70.8 Å². The highest BCUT2D eigenvalue weighted by Crippen LogP contribution is 2.34. The average molecular weight is 377 g/mol. The minimum absolute atomic E-state index is 0.478. The van der Waals surface area contributed by atoms with Gasteiger partial charge in [0.1, 0.15) is 11.6 Å². The van der Waals surface area contributed by atoms with Gasteiger partial charge in [-0.2, -0.15) is 0 Å². The van der Waals surface area contributed by atoms with Crippen molar-refractivity contribution in [3.05, 3.63) is 59.9 Å². The van der Waals surface area contributed by atoms with Crippen LogP contribution >= 0.6 is 0 Å². The number of hydrogen-bond acceptors (Lipinski definition) is 2. The van der Waals surface area contributed by atoms with Crippen LogP contribution in [-0.4, -0.2) is 16.2 Å². The van der Waals surface area contributed by atoms with Crippen LogP contribution in [-0.2, 0) is 6.54 Å². The van der Waals surface area contributed by atoms with Crippen molar-refractivity contribution < 1.29 is 4.74 Å². The first-order valence-electron chi connectivity index (χ1n) is 10.9. The summed E-state index contributed by atoms with van der Waals surface area (Å²) in [5, 5.41) is 0. The Morgan fingerprint density at radius 2 is 1.75 bits per heavy atom. The van der Waals surface area contributed by atoms with Gasteiger partial charge < -0.3 is 9.30 Å². The molecule has 1 saturated carbocycles. The lowest BCUT2D eigenvalue weighted by Crippen LogP contribution is -2.14. The maximum Gasteiger partial charge on any atom is 0.122 e. The number of hydrogen-bond donors (Lipinski definition) is 0. The monoisotopic (exact) mass is 376 g/mol. The largest absolute Gasteiger partial charge is 0.493 e. The van der Waals surface area contributed by atoms with Gasteiger partial charge in [0.15, 0.2) is 0 Å². The summed E-state index contributed by atoms with van der Waals surface area (Å²) < 4.78 is 8.62. The predicted molar refractivity (Wildman–Crippen MR) is 116 cm³/mol. The predicted octanol–water partition coefficient (Wildman–Crippen LogP) is 6.68. The molecule has 0 atom stereocenters. The second-order valence-corrected chi connectivity index (χ2v) is 8.34. The van der Waals surface area contributed by atoms with E-state index in [4.69, 9.17) is 9.72 Å². The molecule has 1 fully saturated rings. The number of rotatable bonds is 7. The van der Waals surface area contributed by atoms with Crippen LogP contribution in [0.1, 0.15) is 75.6 Å². The standard InChI is InChI=1S/C25H32N2O/c1-19(2)21-13-6-9-16-24(21)28-18-10-17-27-23-15-8-7-14-22(23)26-25(27)20-11-4-3-5-12-20/h6-9,13-16,19-20H,3-5,10-12,17-18H2,1-2H3. The molecule has 3 heteroatoms. The number of fused-ring (bicyclic) bond motifs is 1. The molecule has 1 aromatic heterocycles. The summed E-state index contributed by atoms with van der Waals surface area (Å²) in [6, 6.07) is 17.0. The summed E-state index contributed by atoms with van der Waals surface area (Å²) in [5.74, 6) is 3.42. The van der Waals surface area contributed by atoms with Gasteiger partial charge >= 0.3 is 0 Å². The molecule has 1 aliphatic rings. The van der Waals surface area contributed by atoms with Crippen LogP contribution < -0.4 is 4.74 Å². The lowest BCUT2D eigenvalue weighted by Gasteiger charge is -2.22. The van der Waals surface area contributed by atoms with Crippen molar-refractivity contribution in [2.24, 2.45) is 0 Å². The van der Waals surface area contributed by atoms with Gasteiger partial charge in [-0.3, -0.25) is 0 Å². The van der Waals surface area contributed by atoms with Gasteiger partial charge in [0.25, 0.3) is 0 Å². The molecule has 148 valence electrons. The number of para-hydroxylation sites is 3. The molecule has 4 rings (SSSR count). The molecule has 0 N–H and O–H groups in total. The SMILES string of the molecule is CC(C)c1ccccc1OCCCn1c(C2CCCCC2)nc2ccccc21. The van der Waals surface area contributed by atoms with E-state index in [1.807, 2.05) is 0 Å². The second-order valence-electron chi connectivity index (χ2n) is 8.34. The third-order valence-corrected chi connectivity index (χ3v) is 5.98. The molecular formula is C25H32N2O. The summed E-state index contributed by atoms with van der Waals surface area (Å²) in [4.78, 5) is 5.03. The van der Waals surface area contributed by atoms with Crippen molar-refractivity contribution in [1.82, 2.24) is 9.55 Å². The highest BCUT2D eigenvalue weighted by molar-refractivity contribution is 5.76. The fraction of sp³-hybridized carbons (Fsp3) is 0.480.